The van der Waals surface area contributed by atoms with E-state index in [1.54, 1.807) is 0 Å². The van der Waals surface area contributed by atoms with Crippen molar-refractivity contribution in [2.75, 3.05) is 13.7 Å². The Morgan fingerprint density at radius 3 is 2.41 bits per heavy atom. The van der Waals surface area contributed by atoms with Crippen molar-refractivity contribution in [1.29, 1.82) is 0 Å². The van der Waals surface area contributed by atoms with E-state index >= 15 is 0 Å². The molecule has 0 radical (unpaired) electrons. The first kappa shape index (κ1) is 18.6. The Morgan fingerprint density at radius 1 is 1.00 bits per heavy atom. The summed E-state index contributed by atoms with van der Waals surface area (Å²) in [6.07, 6.45) is -3.70. The molecule has 2 aromatic rings. The second-order valence-corrected chi connectivity index (χ2v) is 6.71. The number of methoxy groups -OCH3 is 1. The second-order valence-electron chi connectivity index (χ2n) is 6.71. The molecule has 2 saturated heterocycles. The fourth-order valence-electron chi connectivity index (χ4n) is 3.49. The molecule has 1 N–H and O–H groups in total. The molecule has 2 aliphatic heterocycles. The van der Waals surface area contributed by atoms with Gasteiger partial charge in [-0.05, 0) is 5.56 Å². The third-order valence-corrected chi connectivity index (χ3v) is 4.90. The molecule has 0 aliphatic carbocycles. The van der Waals surface area contributed by atoms with Gasteiger partial charge in [-0.3, -0.25) is 0 Å². The first-order valence-corrected chi connectivity index (χ1v) is 9.10. The highest BCUT2D eigenvalue weighted by molar-refractivity contribution is 5.17. The minimum absolute atomic E-state index is 0.335. The maximum Gasteiger partial charge on any atom is 0.186 e. The van der Waals surface area contributed by atoms with E-state index in [1.807, 2.05) is 60.7 Å². The predicted molar refractivity (Wildman–Crippen MR) is 96.7 cm³/mol. The van der Waals surface area contributed by atoms with Crippen LogP contribution in [0.25, 0.3) is 0 Å². The Labute approximate surface area is 158 Å². The highest BCUT2D eigenvalue weighted by atomic mass is 16.8. The summed E-state index contributed by atoms with van der Waals surface area (Å²) in [5.41, 5.74) is 1.94. The van der Waals surface area contributed by atoms with Crippen molar-refractivity contribution in [3.63, 3.8) is 0 Å². The number of fused-ring (bicyclic) bond motifs is 1. The van der Waals surface area contributed by atoms with Crippen LogP contribution in [0.15, 0.2) is 60.7 Å². The van der Waals surface area contributed by atoms with E-state index in [0.717, 1.165) is 11.1 Å². The van der Waals surface area contributed by atoms with Crippen molar-refractivity contribution >= 4 is 0 Å². The SMILES string of the molecule is CO[C@@H]1O[C@@H]2COC(c3ccccc3)O[C@@H]2[C@H](OCc2ccccc2)[C@H]1O. The van der Waals surface area contributed by atoms with Crippen molar-refractivity contribution in [3.8, 4) is 0 Å². The summed E-state index contributed by atoms with van der Waals surface area (Å²) in [5, 5.41) is 10.7. The van der Waals surface area contributed by atoms with Gasteiger partial charge in [-0.1, -0.05) is 60.7 Å². The Morgan fingerprint density at radius 2 is 1.70 bits per heavy atom. The Bertz CT molecular complexity index is 709. The van der Waals surface area contributed by atoms with Crippen LogP contribution in [0.2, 0.25) is 0 Å². The highest BCUT2D eigenvalue weighted by Crippen LogP contribution is 2.35. The van der Waals surface area contributed by atoms with Gasteiger partial charge in [-0.25, -0.2) is 0 Å². The molecule has 0 saturated carbocycles. The van der Waals surface area contributed by atoms with E-state index in [9.17, 15) is 5.11 Å². The lowest BCUT2D eigenvalue weighted by molar-refractivity contribution is -0.363. The van der Waals surface area contributed by atoms with Crippen molar-refractivity contribution in [1.82, 2.24) is 0 Å². The fraction of sp³-hybridized carbons (Fsp3) is 0.429. The number of benzene rings is 2. The van der Waals surface area contributed by atoms with E-state index in [-0.39, 0.29) is 6.10 Å². The van der Waals surface area contributed by atoms with Gasteiger partial charge in [-0.15, -0.1) is 0 Å². The molecule has 2 aromatic carbocycles. The van der Waals surface area contributed by atoms with E-state index in [2.05, 4.69) is 0 Å². The summed E-state index contributed by atoms with van der Waals surface area (Å²) >= 11 is 0. The predicted octanol–water partition coefficient (Wildman–Crippen LogP) is 2.42. The Hall–Kier alpha value is -1.80. The van der Waals surface area contributed by atoms with Crippen LogP contribution in [0.1, 0.15) is 17.4 Å². The van der Waals surface area contributed by atoms with Crippen LogP contribution in [0.3, 0.4) is 0 Å². The monoisotopic (exact) mass is 372 g/mol. The molecule has 0 aromatic heterocycles. The van der Waals surface area contributed by atoms with Gasteiger partial charge < -0.3 is 28.8 Å². The zero-order valence-electron chi connectivity index (χ0n) is 15.1. The average molecular weight is 372 g/mol. The lowest BCUT2D eigenvalue weighted by Gasteiger charge is -2.47. The summed E-state index contributed by atoms with van der Waals surface area (Å²) in [5.74, 6) is 0. The maximum absolute atomic E-state index is 10.7. The van der Waals surface area contributed by atoms with Gasteiger partial charge in [0.25, 0.3) is 0 Å². The summed E-state index contributed by atoms with van der Waals surface area (Å²) in [6, 6.07) is 19.5. The van der Waals surface area contributed by atoms with Crippen LogP contribution in [0.5, 0.6) is 0 Å². The number of hydrogen-bond acceptors (Lipinski definition) is 6. The van der Waals surface area contributed by atoms with Gasteiger partial charge in [0.1, 0.15) is 24.4 Å². The molecule has 6 nitrogen and oxygen atoms in total. The molecule has 4 rings (SSSR count). The normalized spacial score (nSPS) is 33.4. The molecule has 144 valence electrons. The van der Waals surface area contributed by atoms with Crippen LogP contribution >= 0.6 is 0 Å². The fourth-order valence-corrected chi connectivity index (χ4v) is 3.49. The van der Waals surface area contributed by atoms with Crippen LogP contribution in [0.4, 0.5) is 0 Å². The quantitative estimate of drug-likeness (QED) is 0.870. The molecular formula is C21H24O6. The molecule has 2 fully saturated rings. The number of ether oxygens (including phenoxy) is 5. The van der Waals surface area contributed by atoms with Gasteiger partial charge in [0.05, 0.1) is 13.2 Å². The number of hydrogen-bond donors (Lipinski definition) is 1. The molecule has 6 atom stereocenters. The molecule has 2 heterocycles. The standard InChI is InChI=1S/C21H24O6/c1-23-21-17(22)19(24-12-14-8-4-2-5-9-14)18-16(26-21)13-25-20(27-18)15-10-6-3-7-11-15/h2-11,16-22H,12-13H2,1H3/t16-,17-,18+,19-,20?,21-/m1/s1. The summed E-state index contributed by atoms with van der Waals surface area (Å²) < 4.78 is 29.2. The summed E-state index contributed by atoms with van der Waals surface area (Å²) in [4.78, 5) is 0. The van der Waals surface area contributed by atoms with Crippen molar-refractivity contribution < 1.29 is 28.8 Å². The highest BCUT2D eigenvalue weighted by Gasteiger charge is 2.50. The molecule has 1 unspecified atom stereocenters. The summed E-state index contributed by atoms with van der Waals surface area (Å²) in [7, 11) is 1.50. The first-order chi connectivity index (χ1) is 13.3. The molecular weight excluding hydrogens is 348 g/mol. The lowest BCUT2D eigenvalue weighted by atomic mass is 9.97. The maximum atomic E-state index is 10.7. The Balaban J connectivity index is 1.51. The van der Waals surface area contributed by atoms with Gasteiger partial charge in [0.2, 0.25) is 0 Å². The molecule has 27 heavy (non-hydrogen) atoms. The zero-order valence-corrected chi connectivity index (χ0v) is 15.1. The smallest absolute Gasteiger partial charge is 0.186 e. The lowest BCUT2D eigenvalue weighted by Crippen LogP contribution is -2.62. The second kappa shape index (κ2) is 8.48. The van der Waals surface area contributed by atoms with Crippen LogP contribution in [0, 0.1) is 0 Å². The van der Waals surface area contributed by atoms with Crippen molar-refractivity contribution in [2.45, 2.75) is 43.6 Å². The van der Waals surface area contributed by atoms with Crippen molar-refractivity contribution in [3.05, 3.63) is 71.8 Å². The zero-order chi connectivity index (χ0) is 18.6. The molecule has 0 spiro atoms. The topological polar surface area (TPSA) is 66.4 Å². The van der Waals surface area contributed by atoms with Crippen molar-refractivity contribution in [2.24, 2.45) is 0 Å². The van der Waals surface area contributed by atoms with E-state index in [0.29, 0.717) is 13.2 Å². The average Bonchev–Trinajstić information content (AvgIpc) is 2.74. The van der Waals surface area contributed by atoms with E-state index in [1.165, 1.54) is 7.11 Å². The Kier molecular flexibility index (Phi) is 5.83. The molecule has 0 bridgehead atoms. The number of rotatable bonds is 5. The van der Waals surface area contributed by atoms with Gasteiger partial charge in [-0.2, -0.15) is 0 Å². The third-order valence-electron chi connectivity index (χ3n) is 4.90. The van der Waals surface area contributed by atoms with E-state index < -0.39 is 30.9 Å². The minimum Gasteiger partial charge on any atom is -0.385 e. The van der Waals surface area contributed by atoms with Gasteiger partial charge >= 0.3 is 0 Å². The van der Waals surface area contributed by atoms with Gasteiger partial charge in [0.15, 0.2) is 12.6 Å². The van der Waals surface area contributed by atoms with Crippen LogP contribution < -0.4 is 0 Å². The van der Waals surface area contributed by atoms with E-state index in [4.69, 9.17) is 23.7 Å². The largest absolute Gasteiger partial charge is 0.385 e. The van der Waals surface area contributed by atoms with Crippen LogP contribution in [-0.4, -0.2) is 49.5 Å². The molecule has 6 heteroatoms. The first-order valence-electron chi connectivity index (χ1n) is 9.10. The molecule has 2 aliphatic rings. The number of aliphatic hydroxyl groups excluding tert-OH is 1. The number of aliphatic hydroxyl groups is 1. The van der Waals surface area contributed by atoms with Crippen LogP contribution in [-0.2, 0) is 30.3 Å². The minimum atomic E-state index is -0.963. The summed E-state index contributed by atoms with van der Waals surface area (Å²) in [6.45, 7) is 0.699. The molecule has 0 amide bonds. The van der Waals surface area contributed by atoms with Gasteiger partial charge in [0, 0.05) is 12.7 Å². The third kappa shape index (κ3) is 4.06.